The number of ketones is 1. The molecule has 3 aliphatic heterocycles. The van der Waals surface area contributed by atoms with Crippen LogP contribution in [-0.2, 0) is 25.3 Å². The summed E-state index contributed by atoms with van der Waals surface area (Å²) in [6, 6.07) is 10.7. The van der Waals surface area contributed by atoms with Crippen molar-refractivity contribution >= 4 is 15.8 Å². The molecular weight excluding hydrogens is 487 g/mol. The van der Waals surface area contributed by atoms with Crippen molar-refractivity contribution < 1.29 is 31.8 Å². The molecule has 1 spiro atoms. The topological polar surface area (TPSA) is 85.4 Å². The highest BCUT2D eigenvalue weighted by Crippen LogP contribution is 2.43. The Kier molecular flexibility index (Phi) is 7.15. The van der Waals surface area contributed by atoms with Gasteiger partial charge in [0.1, 0.15) is 11.6 Å². The maximum absolute atomic E-state index is 13.5. The summed E-state index contributed by atoms with van der Waals surface area (Å²) in [4.78, 5) is 15.2. The first-order valence-corrected chi connectivity index (χ1v) is 13.8. The number of hydrogen-bond donors (Lipinski definition) is 0. The first kappa shape index (κ1) is 25.3. The van der Waals surface area contributed by atoms with E-state index in [1.54, 1.807) is 24.3 Å². The average molecular weight is 519 g/mol. The van der Waals surface area contributed by atoms with Gasteiger partial charge in [0.05, 0.1) is 31.8 Å². The molecule has 5 rings (SSSR count). The van der Waals surface area contributed by atoms with E-state index in [1.807, 2.05) is 0 Å². The van der Waals surface area contributed by atoms with E-state index in [0.717, 1.165) is 32.5 Å². The minimum atomic E-state index is -3.73. The number of hydrogen-bond acceptors (Lipinski definition) is 7. The van der Waals surface area contributed by atoms with Crippen molar-refractivity contribution in [3.63, 3.8) is 0 Å². The van der Waals surface area contributed by atoms with Gasteiger partial charge in [0.15, 0.2) is 5.78 Å². The van der Waals surface area contributed by atoms with E-state index in [4.69, 9.17) is 14.2 Å². The number of nitrogens with zero attached hydrogens (tertiary/aromatic N) is 2. The van der Waals surface area contributed by atoms with Gasteiger partial charge in [-0.3, -0.25) is 4.79 Å². The molecule has 2 aromatic rings. The molecule has 0 N–H and O–H groups in total. The Morgan fingerprint density at radius 2 is 1.78 bits per heavy atom. The van der Waals surface area contributed by atoms with Crippen molar-refractivity contribution in [2.24, 2.45) is 5.92 Å². The zero-order valence-corrected chi connectivity index (χ0v) is 21.1. The second-order valence-electron chi connectivity index (χ2n) is 9.49. The van der Waals surface area contributed by atoms with Crippen LogP contribution < -0.4 is 4.74 Å². The van der Waals surface area contributed by atoms with Gasteiger partial charge in [-0.25, -0.2) is 12.8 Å². The molecule has 0 radical (unpaired) electrons. The third-order valence-electron chi connectivity index (χ3n) is 7.32. The third kappa shape index (κ3) is 4.80. The van der Waals surface area contributed by atoms with Crippen LogP contribution in [0.5, 0.6) is 5.75 Å². The molecule has 0 aromatic heterocycles. The van der Waals surface area contributed by atoms with Crippen LogP contribution in [0, 0.1) is 11.7 Å². The van der Waals surface area contributed by atoms with Crippen molar-refractivity contribution in [2.75, 3.05) is 53.0 Å². The monoisotopic (exact) mass is 518 g/mol. The third-order valence-corrected chi connectivity index (χ3v) is 9.21. The van der Waals surface area contributed by atoms with Gasteiger partial charge in [-0.15, -0.1) is 0 Å². The largest absolute Gasteiger partial charge is 0.497 e. The van der Waals surface area contributed by atoms with Crippen LogP contribution in [0.15, 0.2) is 47.4 Å². The number of likely N-dealkylation sites (tertiary alicyclic amines) is 1. The lowest BCUT2D eigenvalue weighted by Crippen LogP contribution is -2.50. The first-order valence-electron chi connectivity index (χ1n) is 12.3. The van der Waals surface area contributed by atoms with Crippen LogP contribution >= 0.6 is 0 Å². The summed E-state index contributed by atoms with van der Waals surface area (Å²) in [6.45, 7) is 3.52. The number of rotatable bonds is 7. The van der Waals surface area contributed by atoms with Gasteiger partial charge < -0.3 is 19.1 Å². The number of halogens is 1. The van der Waals surface area contributed by atoms with Crippen LogP contribution in [0.2, 0.25) is 0 Å². The number of sulfonamides is 1. The number of piperidine rings is 1. The van der Waals surface area contributed by atoms with Crippen molar-refractivity contribution in [1.29, 1.82) is 0 Å². The van der Waals surface area contributed by atoms with Crippen molar-refractivity contribution in [3.05, 3.63) is 59.4 Å². The van der Waals surface area contributed by atoms with E-state index in [1.165, 1.54) is 29.6 Å². The number of carbonyl (C=O) groups excluding carboxylic acids is 1. The van der Waals surface area contributed by atoms with Crippen LogP contribution in [-0.4, -0.2) is 76.5 Å². The first-order chi connectivity index (χ1) is 17.3. The van der Waals surface area contributed by atoms with E-state index in [2.05, 4.69) is 4.90 Å². The lowest BCUT2D eigenvalue weighted by Gasteiger charge is -2.39. The smallest absolute Gasteiger partial charge is 0.243 e. The van der Waals surface area contributed by atoms with Gasteiger partial charge in [0, 0.05) is 29.7 Å². The number of carbonyl (C=O) groups is 1. The molecule has 2 fully saturated rings. The van der Waals surface area contributed by atoms with Gasteiger partial charge in [0.25, 0.3) is 0 Å². The predicted octanol–water partition coefficient (Wildman–Crippen LogP) is 3.02. The number of methoxy groups -OCH3 is 1. The molecule has 194 valence electrons. The second kappa shape index (κ2) is 10.2. The van der Waals surface area contributed by atoms with E-state index in [0.29, 0.717) is 43.1 Å². The molecule has 36 heavy (non-hydrogen) atoms. The maximum atomic E-state index is 13.5. The zero-order valence-electron chi connectivity index (χ0n) is 20.3. The zero-order chi connectivity index (χ0) is 25.3. The van der Waals surface area contributed by atoms with E-state index >= 15 is 0 Å². The summed E-state index contributed by atoms with van der Waals surface area (Å²) < 4.78 is 58.7. The molecule has 3 aliphatic rings. The van der Waals surface area contributed by atoms with Crippen LogP contribution in [0.3, 0.4) is 0 Å². The molecule has 0 saturated carbocycles. The highest BCUT2D eigenvalue weighted by Gasteiger charge is 2.50. The molecular formula is C26H31FN2O6S. The van der Waals surface area contributed by atoms with Crippen LogP contribution in [0.4, 0.5) is 4.39 Å². The normalized spacial score (nSPS) is 21.9. The number of benzene rings is 2. The van der Waals surface area contributed by atoms with Crippen molar-refractivity contribution in [2.45, 2.75) is 29.9 Å². The summed E-state index contributed by atoms with van der Waals surface area (Å²) in [5, 5.41) is 0. The fraction of sp³-hybridized carbons (Fsp3) is 0.500. The molecule has 0 atom stereocenters. The van der Waals surface area contributed by atoms with E-state index in [9.17, 15) is 17.6 Å². The molecule has 0 amide bonds. The summed E-state index contributed by atoms with van der Waals surface area (Å²) in [7, 11) is -2.23. The molecule has 2 aromatic carbocycles. The molecule has 0 unspecified atom stereocenters. The molecule has 3 heterocycles. The number of fused-ring (bicyclic) bond motifs is 2. The Morgan fingerprint density at radius 1 is 1.08 bits per heavy atom. The standard InChI is InChI=1S/C26H31FN2O6S/c1-33-22-7-8-23-24(17-22)36(31,32)29(18-26(23)34-15-16-35-26)12-2-11-28-13-9-20(10-14-28)25(30)19-3-5-21(27)6-4-19/h3-8,17,20H,2,9-16,18H2,1H3. The summed E-state index contributed by atoms with van der Waals surface area (Å²) >= 11 is 0. The summed E-state index contributed by atoms with van der Waals surface area (Å²) in [6.07, 6.45) is 2.11. The van der Waals surface area contributed by atoms with Crippen molar-refractivity contribution in [3.8, 4) is 5.75 Å². The molecule has 0 bridgehead atoms. The predicted molar refractivity (Wildman–Crippen MR) is 130 cm³/mol. The Bertz CT molecular complexity index is 1210. The van der Waals surface area contributed by atoms with Crippen LogP contribution in [0.1, 0.15) is 35.2 Å². The second-order valence-corrected chi connectivity index (χ2v) is 11.4. The highest BCUT2D eigenvalue weighted by molar-refractivity contribution is 7.89. The van der Waals surface area contributed by atoms with Gasteiger partial charge in [0.2, 0.25) is 15.8 Å². The van der Waals surface area contributed by atoms with Crippen molar-refractivity contribution in [1.82, 2.24) is 9.21 Å². The van der Waals surface area contributed by atoms with Gasteiger partial charge in [-0.1, -0.05) is 0 Å². The van der Waals surface area contributed by atoms with E-state index < -0.39 is 15.8 Å². The van der Waals surface area contributed by atoms with Crippen LogP contribution in [0.25, 0.3) is 0 Å². The Hall–Kier alpha value is -2.37. The molecule has 10 heteroatoms. The quantitative estimate of drug-likeness (QED) is 0.521. The lowest BCUT2D eigenvalue weighted by molar-refractivity contribution is -0.176. The maximum Gasteiger partial charge on any atom is 0.243 e. The van der Waals surface area contributed by atoms with Gasteiger partial charge >= 0.3 is 0 Å². The number of Topliss-reactive ketones (excluding diaryl/α,β-unsaturated/α-hetero) is 1. The lowest BCUT2D eigenvalue weighted by atomic mass is 9.89. The average Bonchev–Trinajstić information content (AvgIpc) is 3.37. The van der Waals surface area contributed by atoms with E-state index in [-0.39, 0.29) is 29.0 Å². The molecule has 2 saturated heterocycles. The van der Waals surface area contributed by atoms with Gasteiger partial charge in [-0.2, -0.15) is 4.31 Å². The fourth-order valence-electron chi connectivity index (χ4n) is 5.34. The molecule has 0 aliphatic carbocycles. The number of ether oxygens (including phenoxy) is 3. The minimum absolute atomic E-state index is 0.0602. The Labute approximate surface area is 211 Å². The highest BCUT2D eigenvalue weighted by atomic mass is 32.2. The Balaban J connectivity index is 1.19. The molecule has 8 nitrogen and oxygen atoms in total. The fourth-order valence-corrected chi connectivity index (χ4v) is 7.09. The Morgan fingerprint density at radius 3 is 2.44 bits per heavy atom. The summed E-state index contributed by atoms with van der Waals surface area (Å²) in [5.41, 5.74) is 1.07. The SMILES string of the molecule is COc1ccc2c(c1)S(=O)(=O)N(CCCN1CCC(C(=O)c3ccc(F)cc3)CC1)CC21OCCO1. The minimum Gasteiger partial charge on any atom is -0.497 e. The van der Waals surface area contributed by atoms with Gasteiger partial charge in [-0.05, 0) is 75.3 Å². The summed E-state index contributed by atoms with van der Waals surface area (Å²) in [5.74, 6) is -0.990.